The molecule has 0 spiro atoms. The Kier molecular flexibility index (Phi) is 26.3. The Morgan fingerprint density at radius 2 is 0.634 bits per heavy atom. The highest BCUT2D eigenvalue weighted by atomic mass is 79.9. The smallest absolute Gasteiger partial charge is 0.323 e. The van der Waals surface area contributed by atoms with E-state index in [9.17, 15) is 96.0 Å². The van der Waals surface area contributed by atoms with Gasteiger partial charge in [0.2, 0.25) is 0 Å². The maximum absolute atomic E-state index is 13.9. The van der Waals surface area contributed by atoms with Crippen LogP contribution in [0.3, 0.4) is 0 Å². The van der Waals surface area contributed by atoms with Crippen LogP contribution >= 0.6 is 27.5 Å². The molecule has 20 rings (SSSR count). The van der Waals surface area contributed by atoms with Crippen LogP contribution in [0, 0.1) is 47.4 Å². The standard InChI is InChI=1S/C21H21NO4S.C20H18BrNO4S.C20H18ClNO4S.C20H18FNO4S.C20H19NO4S/c1-13-3-5-19-18(9-13)17(14(2)22(19)12-21(23)24)11-15-4-6-20-16(10-15)7-8-27(20,25)26;2*1-12-16(9-13-2-5-19-14(8-13)6-7-27(19,25)26)17-10-15(21)3-4-18(17)22(12)11-20(23)24;1-12-16(9-13-3-2-4-19-15(13)7-8-27(19,25)26)17-10-14(21)5-6-18(17)22(12)11-20(23)24;1-13-17(16-4-2-3-5-18(16)21(13)12-20(22)23)11-14-6-7-19-15(10-14)8-9-26(19,24)25/h3-6,9-10H,7-8,11-12H2,1-2H3,(H,23,24);2*2-5,8,10H,6-7,9,11H2,1H3,(H,23,24);2-6,10H,7-9,11H2,1H3,(H,23,24);2-7,10H,8-9,11-12H2,1H3,(H,22,23). The summed E-state index contributed by atoms with van der Waals surface area (Å²) in [6, 6.07) is 56.8. The number of aryl methyl sites for hydroxylation is 5. The minimum atomic E-state index is -3.23. The highest BCUT2D eigenvalue weighted by Crippen LogP contribution is 2.41. The third-order valence-electron chi connectivity index (χ3n) is 26.2. The van der Waals surface area contributed by atoms with Gasteiger partial charge in [-0.25, -0.2) is 46.5 Å². The van der Waals surface area contributed by atoms with E-state index in [2.05, 4.69) is 22.0 Å². The molecule has 0 radical (unpaired) electrons. The van der Waals surface area contributed by atoms with Crippen LogP contribution in [0.1, 0.15) is 117 Å². The second-order valence-electron chi connectivity index (χ2n) is 34.6. The number of aromatic nitrogens is 5. The first kappa shape index (κ1) is 94.9. The van der Waals surface area contributed by atoms with E-state index in [1.165, 1.54) is 12.1 Å². The summed E-state index contributed by atoms with van der Waals surface area (Å²) in [6.45, 7) is 11.0. The van der Waals surface area contributed by atoms with E-state index in [1.54, 1.807) is 57.7 Å². The zero-order valence-electron chi connectivity index (χ0n) is 73.8. The van der Waals surface area contributed by atoms with E-state index in [-0.39, 0.29) is 61.5 Å². The van der Waals surface area contributed by atoms with Gasteiger partial charge in [-0.1, -0.05) is 118 Å². The lowest BCUT2D eigenvalue weighted by Gasteiger charge is -2.09. The highest BCUT2D eigenvalue weighted by molar-refractivity contribution is 9.10. The zero-order chi connectivity index (χ0) is 95.9. The van der Waals surface area contributed by atoms with Crippen molar-refractivity contribution in [3.8, 4) is 0 Å². The van der Waals surface area contributed by atoms with Gasteiger partial charge in [-0.15, -0.1) is 0 Å². The largest absolute Gasteiger partial charge is 0.480 e. The second-order valence-corrected chi connectivity index (χ2v) is 46.4. The zero-order valence-corrected chi connectivity index (χ0v) is 80.2. The highest BCUT2D eigenvalue weighted by Gasteiger charge is 2.34. The fourth-order valence-corrected chi connectivity index (χ4v) is 27.9. The van der Waals surface area contributed by atoms with Gasteiger partial charge in [-0.3, -0.25) is 24.0 Å². The average Bonchev–Trinajstić information content (AvgIpc) is 1.69. The molecule has 5 aliphatic rings. The molecule has 694 valence electrons. The van der Waals surface area contributed by atoms with Crippen LogP contribution in [-0.2, 0) is 170 Å². The number of carboxylic acid groups (broad SMARTS) is 5. The Morgan fingerprint density at radius 1 is 0.321 bits per heavy atom. The van der Waals surface area contributed by atoms with E-state index in [1.807, 2.05) is 177 Å². The number of nitrogens with zero attached hydrogens (tertiary/aromatic N) is 5. The third kappa shape index (κ3) is 19.2. The normalized spacial score (nSPS) is 15.2. The van der Waals surface area contributed by atoms with Gasteiger partial charge in [0.15, 0.2) is 49.2 Å². The summed E-state index contributed by atoms with van der Waals surface area (Å²) in [5, 5.41) is 51.6. The lowest BCUT2D eigenvalue weighted by atomic mass is 9.96. The van der Waals surface area contributed by atoms with Crippen LogP contribution in [0.15, 0.2) is 217 Å². The van der Waals surface area contributed by atoms with Crippen LogP contribution < -0.4 is 0 Å². The molecule has 5 aliphatic heterocycles. The van der Waals surface area contributed by atoms with Crippen molar-refractivity contribution in [1.82, 2.24) is 22.8 Å². The van der Waals surface area contributed by atoms with Crippen LogP contribution in [-0.4, -0.2) is 149 Å². The fourth-order valence-electron chi connectivity index (χ4n) is 19.6. The maximum atomic E-state index is 13.9. The number of halogens is 3. The Bertz CT molecular complexity index is 7660. The van der Waals surface area contributed by atoms with Crippen LogP contribution in [0.2, 0.25) is 5.02 Å². The predicted molar refractivity (Wildman–Crippen MR) is 514 cm³/mol. The summed E-state index contributed by atoms with van der Waals surface area (Å²) in [5.74, 6) is -4.08. The molecule has 25 nitrogen and oxygen atoms in total. The molecule has 0 saturated heterocycles. The number of rotatable bonds is 20. The maximum Gasteiger partial charge on any atom is 0.323 e. The van der Waals surface area contributed by atoms with Gasteiger partial charge >= 0.3 is 29.8 Å². The molecule has 5 aromatic heterocycles. The van der Waals surface area contributed by atoms with Crippen molar-refractivity contribution in [3.05, 3.63) is 321 Å². The van der Waals surface area contributed by atoms with E-state index in [0.717, 1.165) is 166 Å². The molecule has 0 atom stereocenters. The number of benzene rings is 10. The lowest BCUT2D eigenvalue weighted by molar-refractivity contribution is -0.138. The minimum Gasteiger partial charge on any atom is -0.480 e. The van der Waals surface area contributed by atoms with Gasteiger partial charge in [0.05, 0.1) is 53.2 Å². The topological polar surface area (TPSA) is 382 Å². The van der Waals surface area contributed by atoms with Crippen LogP contribution in [0.5, 0.6) is 0 Å². The predicted octanol–water partition coefficient (Wildman–Crippen LogP) is 16.6. The van der Waals surface area contributed by atoms with Crippen molar-refractivity contribution < 1.29 is 96.0 Å². The van der Waals surface area contributed by atoms with E-state index >= 15 is 0 Å². The Morgan fingerprint density at radius 3 is 1.03 bits per heavy atom. The lowest BCUT2D eigenvalue weighted by Crippen LogP contribution is -2.10. The monoisotopic (exact) mass is 1990 g/mol. The molecule has 0 bridgehead atoms. The summed E-state index contributed by atoms with van der Waals surface area (Å²) in [4.78, 5) is 58.5. The Labute approximate surface area is 786 Å². The number of carbonyl (C=O) groups is 5. The molecule has 134 heavy (non-hydrogen) atoms. The first-order chi connectivity index (χ1) is 63.4. The Balaban J connectivity index is 0.000000122. The third-order valence-corrected chi connectivity index (χ3v) is 35.9. The SMILES string of the molecule is Cc1c(Cc2ccc3c(c2)CCS3(=O)=O)c2cc(Br)ccc2n1CC(=O)O.Cc1c(Cc2ccc3c(c2)CCS3(=O)=O)c2cc(Cl)ccc2n1CC(=O)O.Cc1c(Cc2ccc3c(c2)CCS3(=O)=O)c2ccccc2n1CC(=O)O.Cc1c(Cc2cccc3c2CCS3(=O)=O)c2cc(F)ccc2n1CC(=O)O.Cc1ccc2c(c1)c(Cc1ccc3c(c1)CCS3(=O)=O)c(C)n2CC(=O)O. The van der Waals surface area contributed by atoms with Crippen molar-refractivity contribution in [3.63, 3.8) is 0 Å². The molecule has 0 saturated carbocycles. The molecule has 10 aromatic carbocycles. The number of aliphatic carboxylic acids is 5. The van der Waals surface area contributed by atoms with Crippen molar-refractivity contribution in [2.75, 3.05) is 28.8 Å². The fraction of sp³-hybridized carbons (Fsp3) is 0.257. The molecule has 10 heterocycles. The van der Waals surface area contributed by atoms with Gasteiger partial charge in [0.1, 0.15) is 38.5 Å². The summed E-state index contributed by atoms with van der Waals surface area (Å²) in [5.41, 5.74) is 24.1. The molecule has 33 heteroatoms. The average molecular weight is 1990 g/mol. The van der Waals surface area contributed by atoms with Crippen molar-refractivity contribution >= 4 is 161 Å². The number of para-hydroxylation sites is 1. The molecular weight excluding hydrogens is 1900 g/mol. The van der Waals surface area contributed by atoms with Gasteiger partial charge in [-0.05, 0) is 286 Å². The molecule has 0 amide bonds. The summed E-state index contributed by atoms with van der Waals surface area (Å²) < 4.78 is 144. The van der Waals surface area contributed by atoms with Gasteiger partial charge in [0.25, 0.3) is 0 Å². The Hall–Kier alpha value is -12.3. The number of hydrogen-bond donors (Lipinski definition) is 5. The molecule has 0 unspecified atom stereocenters. The first-order valence-corrected chi connectivity index (χ1v) is 52.6. The first-order valence-electron chi connectivity index (χ1n) is 43.2. The van der Waals surface area contributed by atoms with Gasteiger partial charge in [0, 0.05) is 98.9 Å². The number of hydrogen-bond acceptors (Lipinski definition) is 15. The van der Waals surface area contributed by atoms with Gasteiger partial charge in [-0.2, -0.15) is 0 Å². The number of fused-ring (bicyclic) bond motifs is 10. The van der Waals surface area contributed by atoms with Crippen molar-refractivity contribution in [2.24, 2.45) is 0 Å². The number of sulfone groups is 5. The molecule has 0 fully saturated rings. The molecule has 5 N–H and O–H groups in total. The number of carboxylic acids is 5. The molecule has 0 aliphatic carbocycles. The molecule has 15 aromatic rings. The van der Waals surface area contributed by atoms with Crippen LogP contribution in [0.25, 0.3) is 54.5 Å². The molecular formula is C101H94BrClFN5O20S5. The van der Waals surface area contributed by atoms with E-state index < -0.39 is 84.9 Å². The van der Waals surface area contributed by atoms with Crippen LogP contribution in [0.4, 0.5) is 4.39 Å². The van der Waals surface area contributed by atoms with E-state index in [0.29, 0.717) is 105 Å². The summed E-state index contributed by atoms with van der Waals surface area (Å²) in [6.07, 6.45) is 5.61. The summed E-state index contributed by atoms with van der Waals surface area (Å²) in [7, 11) is -15.7. The van der Waals surface area contributed by atoms with Gasteiger partial charge < -0.3 is 48.4 Å². The van der Waals surface area contributed by atoms with E-state index in [4.69, 9.17) is 11.6 Å². The minimum absolute atomic E-state index is 0.0746. The van der Waals surface area contributed by atoms with Crippen molar-refractivity contribution in [2.45, 2.75) is 163 Å². The second kappa shape index (κ2) is 37.2. The van der Waals surface area contributed by atoms with Crippen molar-refractivity contribution in [1.29, 1.82) is 0 Å². The summed E-state index contributed by atoms with van der Waals surface area (Å²) >= 11 is 9.67. The quantitative estimate of drug-likeness (QED) is 0.0473.